The first-order chi connectivity index (χ1) is 6.75. The molecule has 14 heavy (non-hydrogen) atoms. The molecule has 1 aromatic rings. The van der Waals surface area contributed by atoms with Crippen molar-refractivity contribution in [3.63, 3.8) is 0 Å². The molecule has 1 aliphatic carbocycles. The molecular formula is C9H13ClN2OS. The van der Waals surface area contributed by atoms with Gasteiger partial charge in [0, 0.05) is 0 Å². The largest absolute Gasteiger partial charge is 0.391 e. The van der Waals surface area contributed by atoms with Crippen molar-refractivity contribution in [2.24, 2.45) is 0 Å². The molecule has 2 rings (SSSR count). The Morgan fingerprint density at radius 3 is 2.93 bits per heavy atom. The number of rotatable bonds is 2. The van der Waals surface area contributed by atoms with Gasteiger partial charge in [0.2, 0.25) is 0 Å². The Morgan fingerprint density at radius 2 is 2.29 bits per heavy atom. The van der Waals surface area contributed by atoms with Crippen LogP contribution in [0.3, 0.4) is 0 Å². The maximum atomic E-state index is 9.72. The van der Waals surface area contributed by atoms with E-state index in [-0.39, 0.29) is 12.1 Å². The molecule has 1 heterocycles. The van der Waals surface area contributed by atoms with Gasteiger partial charge < -0.3 is 10.4 Å². The molecule has 3 nitrogen and oxygen atoms in total. The molecule has 2 atom stereocenters. The maximum Gasteiger partial charge on any atom is 0.184 e. The van der Waals surface area contributed by atoms with E-state index in [0.29, 0.717) is 4.34 Å². The van der Waals surface area contributed by atoms with E-state index in [2.05, 4.69) is 10.3 Å². The molecule has 0 unspecified atom stereocenters. The van der Waals surface area contributed by atoms with Crippen LogP contribution in [0.15, 0.2) is 6.20 Å². The van der Waals surface area contributed by atoms with Gasteiger partial charge in [-0.25, -0.2) is 4.98 Å². The standard InChI is InChI=1S/C9H13ClN2OS/c10-8-5-11-9(14-8)12-6-3-1-2-4-7(6)13/h5-7,13H,1-4H2,(H,11,12)/t6-,7-/m0/s1. The quantitative estimate of drug-likeness (QED) is 0.824. The molecule has 0 amide bonds. The lowest BCUT2D eigenvalue weighted by molar-refractivity contribution is 0.116. The third kappa shape index (κ3) is 2.38. The average molecular weight is 233 g/mol. The van der Waals surface area contributed by atoms with E-state index in [0.717, 1.165) is 24.4 Å². The van der Waals surface area contributed by atoms with Crippen LogP contribution in [0.1, 0.15) is 25.7 Å². The number of aliphatic hydroxyl groups is 1. The van der Waals surface area contributed by atoms with Gasteiger partial charge in [-0.3, -0.25) is 0 Å². The monoisotopic (exact) mass is 232 g/mol. The molecule has 1 fully saturated rings. The molecule has 2 N–H and O–H groups in total. The lowest BCUT2D eigenvalue weighted by Gasteiger charge is -2.27. The Hall–Kier alpha value is -0.320. The Labute approximate surface area is 92.1 Å². The number of aliphatic hydroxyl groups excluding tert-OH is 1. The molecule has 78 valence electrons. The highest BCUT2D eigenvalue weighted by atomic mass is 35.5. The van der Waals surface area contributed by atoms with E-state index < -0.39 is 0 Å². The van der Waals surface area contributed by atoms with Gasteiger partial charge >= 0.3 is 0 Å². The van der Waals surface area contributed by atoms with Crippen LogP contribution in [0, 0.1) is 0 Å². The van der Waals surface area contributed by atoms with Crippen molar-refractivity contribution < 1.29 is 5.11 Å². The lowest BCUT2D eigenvalue weighted by Crippen LogP contribution is -2.36. The Kier molecular flexibility index (Phi) is 3.26. The number of nitrogens with one attached hydrogen (secondary N) is 1. The summed E-state index contributed by atoms with van der Waals surface area (Å²) in [5.41, 5.74) is 0. The summed E-state index contributed by atoms with van der Waals surface area (Å²) in [6.07, 6.45) is 5.58. The molecule has 5 heteroatoms. The van der Waals surface area contributed by atoms with Crippen LogP contribution in [0.5, 0.6) is 0 Å². The van der Waals surface area contributed by atoms with Crippen LogP contribution in [-0.4, -0.2) is 22.2 Å². The van der Waals surface area contributed by atoms with Gasteiger partial charge in [-0.05, 0) is 12.8 Å². The van der Waals surface area contributed by atoms with Gasteiger partial charge in [-0.1, -0.05) is 35.8 Å². The summed E-state index contributed by atoms with van der Waals surface area (Å²) < 4.78 is 0.679. The maximum absolute atomic E-state index is 9.72. The van der Waals surface area contributed by atoms with Crippen LogP contribution >= 0.6 is 22.9 Å². The molecule has 1 saturated carbocycles. The van der Waals surface area contributed by atoms with Crippen molar-refractivity contribution in [1.82, 2.24) is 4.98 Å². The zero-order valence-corrected chi connectivity index (χ0v) is 9.31. The molecule has 0 aromatic carbocycles. The molecular weight excluding hydrogens is 220 g/mol. The highest BCUT2D eigenvalue weighted by molar-refractivity contribution is 7.19. The van der Waals surface area contributed by atoms with Crippen LogP contribution in [0.2, 0.25) is 4.34 Å². The van der Waals surface area contributed by atoms with Crippen LogP contribution in [0.25, 0.3) is 0 Å². The van der Waals surface area contributed by atoms with Gasteiger partial charge in [0.05, 0.1) is 18.3 Å². The zero-order chi connectivity index (χ0) is 9.97. The third-order valence-electron chi connectivity index (χ3n) is 2.52. The summed E-state index contributed by atoms with van der Waals surface area (Å²) in [5, 5.41) is 13.7. The van der Waals surface area contributed by atoms with Crippen molar-refractivity contribution in [1.29, 1.82) is 0 Å². The van der Waals surface area contributed by atoms with Gasteiger partial charge in [-0.15, -0.1) is 0 Å². The summed E-state index contributed by atoms with van der Waals surface area (Å²) in [5.74, 6) is 0. The second kappa shape index (κ2) is 4.47. The molecule has 0 saturated heterocycles. The van der Waals surface area contributed by atoms with E-state index in [1.54, 1.807) is 6.20 Å². The van der Waals surface area contributed by atoms with Crippen molar-refractivity contribution in [3.8, 4) is 0 Å². The number of aromatic nitrogens is 1. The fourth-order valence-corrected chi connectivity index (χ4v) is 2.63. The first-order valence-electron chi connectivity index (χ1n) is 4.81. The smallest absolute Gasteiger partial charge is 0.184 e. The van der Waals surface area contributed by atoms with E-state index in [1.165, 1.54) is 17.8 Å². The molecule has 0 radical (unpaired) electrons. The number of anilines is 1. The molecule has 0 spiro atoms. The topological polar surface area (TPSA) is 45.1 Å². The lowest BCUT2D eigenvalue weighted by atomic mass is 9.93. The van der Waals surface area contributed by atoms with Gasteiger partial charge in [-0.2, -0.15) is 0 Å². The van der Waals surface area contributed by atoms with Gasteiger partial charge in [0.1, 0.15) is 4.34 Å². The van der Waals surface area contributed by atoms with Crippen molar-refractivity contribution in [3.05, 3.63) is 10.5 Å². The second-order valence-electron chi connectivity index (χ2n) is 3.57. The molecule has 0 aliphatic heterocycles. The summed E-state index contributed by atoms with van der Waals surface area (Å²) >= 11 is 7.18. The second-order valence-corrected chi connectivity index (χ2v) is 5.23. The van der Waals surface area contributed by atoms with E-state index in [9.17, 15) is 5.11 Å². The van der Waals surface area contributed by atoms with Gasteiger partial charge in [0.15, 0.2) is 5.13 Å². The first kappa shape index (κ1) is 10.2. The number of nitrogens with zero attached hydrogens (tertiary/aromatic N) is 1. The van der Waals surface area contributed by atoms with Crippen LogP contribution < -0.4 is 5.32 Å². The summed E-state index contributed by atoms with van der Waals surface area (Å²) in [4.78, 5) is 4.11. The average Bonchev–Trinajstić information content (AvgIpc) is 2.56. The van der Waals surface area contributed by atoms with Crippen LogP contribution in [-0.2, 0) is 0 Å². The van der Waals surface area contributed by atoms with Crippen molar-refractivity contribution >= 4 is 28.1 Å². The van der Waals surface area contributed by atoms with E-state index >= 15 is 0 Å². The number of halogens is 1. The van der Waals surface area contributed by atoms with E-state index in [1.807, 2.05) is 0 Å². The minimum Gasteiger partial charge on any atom is -0.391 e. The number of hydrogen-bond donors (Lipinski definition) is 2. The predicted octanol–water partition coefficient (Wildman–Crippen LogP) is 2.51. The molecule has 1 aliphatic rings. The molecule has 1 aromatic heterocycles. The predicted molar refractivity (Wildman–Crippen MR) is 59.0 cm³/mol. The third-order valence-corrected chi connectivity index (χ3v) is 3.56. The summed E-state index contributed by atoms with van der Waals surface area (Å²) in [7, 11) is 0. The van der Waals surface area contributed by atoms with Crippen molar-refractivity contribution in [2.45, 2.75) is 37.8 Å². The minimum atomic E-state index is -0.244. The normalized spacial score (nSPS) is 27.6. The highest BCUT2D eigenvalue weighted by Crippen LogP contribution is 2.27. The fraction of sp³-hybridized carbons (Fsp3) is 0.667. The van der Waals surface area contributed by atoms with Crippen LogP contribution in [0.4, 0.5) is 5.13 Å². The molecule has 0 bridgehead atoms. The first-order valence-corrected chi connectivity index (χ1v) is 6.01. The minimum absolute atomic E-state index is 0.144. The highest BCUT2D eigenvalue weighted by Gasteiger charge is 2.23. The number of hydrogen-bond acceptors (Lipinski definition) is 4. The summed E-state index contributed by atoms with van der Waals surface area (Å²) in [6.45, 7) is 0. The van der Waals surface area contributed by atoms with Gasteiger partial charge in [0.25, 0.3) is 0 Å². The van der Waals surface area contributed by atoms with E-state index in [4.69, 9.17) is 11.6 Å². The van der Waals surface area contributed by atoms with Crippen molar-refractivity contribution in [2.75, 3.05) is 5.32 Å². The SMILES string of the molecule is O[C@H]1CCCC[C@@H]1Nc1ncc(Cl)s1. The fourth-order valence-electron chi connectivity index (χ4n) is 1.76. The number of thiazole rings is 1. The Bertz CT molecular complexity index is 305. The summed E-state index contributed by atoms with van der Waals surface area (Å²) in [6, 6.07) is 0.144. The Balaban J connectivity index is 1.95. The Morgan fingerprint density at radius 1 is 1.50 bits per heavy atom. The zero-order valence-electron chi connectivity index (χ0n) is 7.74.